The van der Waals surface area contributed by atoms with Gasteiger partial charge in [-0.15, -0.1) is 23.4 Å². The van der Waals surface area contributed by atoms with Gasteiger partial charge >= 0.3 is 6.36 Å². The minimum atomic E-state index is -4.79. The van der Waals surface area contributed by atoms with Crippen LogP contribution in [0.25, 0.3) is 10.3 Å². The van der Waals surface area contributed by atoms with Crippen molar-refractivity contribution in [3.05, 3.63) is 48.2 Å². The molecular formula is C22H20F3N7O2S2. The van der Waals surface area contributed by atoms with E-state index in [4.69, 9.17) is 0 Å². The molecule has 1 aromatic carbocycles. The van der Waals surface area contributed by atoms with E-state index in [1.807, 2.05) is 12.1 Å². The first kappa shape index (κ1) is 24.2. The molecule has 3 aromatic heterocycles. The molecule has 188 valence electrons. The van der Waals surface area contributed by atoms with Gasteiger partial charge in [-0.2, -0.15) is 0 Å². The highest BCUT2D eigenvalue weighted by Crippen LogP contribution is 2.31. The summed E-state index contributed by atoms with van der Waals surface area (Å²) in [6.07, 6.45) is -0.404. The Kier molecular flexibility index (Phi) is 6.87. The molecule has 1 aliphatic carbocycles. The highest BCUT2D eigenvalue weighted by molar-refractivity contribution is 7.22. The molecule has 36 heavy (non-hydrogen) atoms. The van der Waals surface area contributed by atoms with Crippen molar-refractivity contribution in [2.24, 2.45) is 0 Å². The molecule has 0 spiro atoms. The van der Waals surface area contributed by atoms with Crippen LogP contribution in [0.3, 0.4) is 0 Å². The fourth-order valence-electron chi connectivity index (χ4n) is 3.96. The third-order valence-corrected chi connectivity index (χ3v) is 7.13. The fourth-order valence-corrected chi connectivity index (χ4v) is 5.60. The Hall–Kier alpha value is -3.52. The van der Waals surface area contributed by atoms with E-state index < -0.39 is 12.3 Å². The summed E-state index contributed by atoms with van der Waals surface area (Å²) in [5.41, 5.74) is 1.12. The molecular weight excluding hydrogens is 515 g/mol. The smallest absolute Gasteiger partial charge is 0.406 e. The summed E-state index contributed by atoms with van der Waals surface area (Å²) >= 11 is 2.78. The number of hydrogen-bond donors (Lipinski definition) is 3. The molecule has 1 saturated carbocycles. The number of aromatic nitrogens is 4. The number of nitrogens with one attached hydrogen (secondary N) is 3. The topological polar surface area (TPSA) is 114 Å². The Labute approximate surface area is 211 Å². The summed E-state index contributed by atoms with van der Waals surface area (Å²) in [4.78, 5) is 21.1. The van der Waals surface area contributed by atoms with Gasteiger partial charge < -0.3 is 20.7 Å². The molecule has 9 nitrogen and oxygen atoms in total. The van der Waals surface area contributed by atoms with Crippen LogP contribution in [0.4, 0.5) is 28.6 Å². The highest BCUT2D eigenvalue weighted by atomic mass is 32.1. The molecule has 3 heterocycles. The summed E-state index contributed by atoms with van der Waals surface area (Å²) in [6.45, 7) is 0. The number of alkyl halides is 3. The van der Waals surface area contributed by atoms with Crippen LogP contribution in [-0.4, -0.2) is 44.5 Å². The molecule has 3 N–H and O–H groups in total. The first-order valence-electron chi connectivity index (χ1n) is 11.0. The van der Waals surface area contributed by atoms with Crippen LogP contribution in [-0.2, 0) is 11.2 Å². The van der Waals surface area contributed by atoms with Crippen molar-refractivity contribution in [3.8, 4) is 5.75 Å². The number of benzene rings is 1. The van der Waals surface area contributed by atoms with Crippen molar-refractivity contribution in [3.63, 3.8) is 0 Å². The van der Waals surface area contributed by atoms with Gasteiger partial charge in [-0.3, -0.25) is 4.79 Å². The second kappa shape index (κ2) is 10.2. The number of carbonyl (C=O) groups is 1. The van der Waals surface area contributed by atoms with Gasteiger partial charge in [0.1, 0.15) is 5.75 Å². The molecule has 14 heteroatoms. The highest BCUT2D eigenvalue weighted by Gasteiger charge is 2.31. The molecule has 4 aromatic rings. The second-order valence-electron chi connectivity index (χ2n) is 8.17. The van der Waals surface area contributed by atoms with Gasteiger partial charge in [0.15, 0.2) is 10.8 Å². The SMILES string of the molecule is O=C(Cc1cccc(OC(F)(F)F)c1)Nc1nnc(N[C@@H]2CC[C@@H](Nc3nc4ncccc4s3)C2)s1. The summed E-state index contributed by atoms with van der Waals surface area (Å²) in [6, 6.07) is 9.65. The molecule has 5 rings (SSSR count). The first-order chi connectivity index (χ1) is 17.3. The average Bonchev–Trinajstić information content (AvgIpc) is 3.53. The van der Waals surface area contributed by atoms with E-state index in [0.717, 1.165) is 34.7 Å². The number of fused-ring (bicyclic) bond motifs is 1. The quantitative estimate of drug-likeness (QED) is 0.287. The lowest BCUT2D eigenvalue weighted by atomic mass is 10.1. The van der Waals surface area contributed by atoms with E-state index in [1.54, 1.807) is 23.6 Å². The van der Waals surface area contributed by atoms with Gasteiger partial charge in [0.05, 0.1) is 11.1 Å². The van der Waals surface area contributed by atoms with E-state index in [-0.39, 0.29) is 24.3 Å². The lowest BCUT2D eigenvalue weighted by Crippen LogP contribution is -2.20. The van der Waals surface area contributed by atoms with Crippen LogP contribution < -0.4 is 20.7 Å². The summed E-state index contributed by atoms with van der Waals surface area (Å²) in [7, 11) is 0. The maximum Gasteiger partial charge on any atom is 0.573 e. The molecule has 0 bridgehead atoms. The number of ether oxygens (including phenoxy) is 1. The number of thiazole rings is 1. The van der Waals surface area contributed by atoms with Gasteiger partial charge in [0.25, 0.3) is 0 Å². The van der Waals surface area contributed by atoms with E-state index in [1.165, 1.54) is 29.5 Å². The maximum atomic E-state index is 12.4. The van der Waals surface area contributed by atoms with Crippen LogP contribution in [0.5, 0.6) is 5.75 Å². The predicted molar refractivity (Wildman–Crippen MR) is 131 cm³/mol. The molecule has 1 amide bonds. The fraction of sp³-hybridized carbons (Fsp3) is 0.318. The Bertz CT molecular complexity index is 1330. The van der Waals surface area contributed by atoms with Crippen LogP contribution in [0, 0.1) is 0 Å². The van der Waals surface area contributed by atoms with Crippen LogP contribution >= 0.6 is 22.7 Å². The molecule has 0 unspecified atom stereocenters. The van der Waals surface area contributed by atoms with Crippen molar-refractivity contribution in [2.45, 2.75) is 44.1 Å². The van der Waals surface area contributed by atoms with Crippen LogP contribution in [0.2, 0.25) is 0 Å². The van der Waals surface area contributed by atoms with Gasteiger partial charge in [-0.25, -0.2) is 9.97 Å². The molecule has 1 aliphatic rings. The zero-order valence-electron chi connectivity index (χ0n) is 18.6. The first-order valence-corrected chi connectivity index (χ1v) is 12.6. The van der Waals surface area contributed by atoms with Crippen LogP contribution in [0.15, 0.2) is 42.6 Å². The second-order valence-corrected chi connectivity index (χ2v) is 10.2. The predicted octanol–water partition coefficient (Wildman–Crippen LogP) is 5.07. The minimum absolute atomic E-state index is 0.130. The average molecular weight is 536 g/mol. The third kappa shape index (κ3) is 6.37. The Morgan fingerprint density at radius 3 is 2.58 bits per heavy atom. The van der Waals surface area contributed by atoms with Crippen LogP contribution in [0.1, 0.15) is 24.8 Å². The lowest BCUT2D eigenvalue weighted by Gasteiger charge is -2.13. The zero-order valence-corrected chi connectivity index (χ0v) is 20.2. The molecule has 0 saturated heterocycles. The van der Waals surface area contributed by atoms with Crippen molar-refractivity contribution in [1.29, 1.82) is 0 Å². The zero-order chi connectivity index (χ0) is 25.1. The number of pyridine rings is 1. The molecule has 0 radical (unpaired) electrons. The third-order valence-electron chi connectivity index (χ3n) is 5.42. The number of nitrogens with zero attached hydrogens (tertiary/aromatic N) is 4. The van der Waals surface area contributed by atoms with Crippen molar-refractivity contribution in [2.75, 3.05) is 16.0 Å². The molecule has 1 fully saturated rings. The number of carbonyl (C=O) groups excluding carboxylic acids is 1. The van der Waals surface area contributed by atoms with Gasteiger partial charge in [0.2, 0.25) is 16.2 Å². The van der Waals surface area contributed by atoms with E-state index in [2.05, 4.69) is 40.9 Å². The number of hydrogen-bond acceptors (Lipinski definition) is 10. The number of anilines is 3. The van der Waals surface area contributed by atoms with Gasteiger partial charge in [-0.05, 0) is 49.1 Å². The van der Waals surface area contributed by atoms with E-state index in [0.29, 0.717) is 15.8 Å². The van der Waals surface area contributed by atoms with Crippen molar-refractivity contribution < 1.29 is 22.7 Å². The summed E-state index contributed by atoms with van der Waals surface area (Å²) < 4.78 is 42.1. The molecule has 2 atom stereocenters. The van der Waals surface area contributed by atoms with E-state index >= 15 is 0 Å². The van der Waals surface area contributed by atoms with Gasteiger partial charge in [-0.1, -0.05) is 34.8 Å². The largest absolute Gasteiger partial charge is 0.573 e. The monoisotopic (exact) mass is 535 g/mol. The Morgan fingerprint density at radius 1 is 1.03 bits per heavy atom. The van der Waals surface area contributed by atoms with Crippen molar-refractivity contribution in [1.82, 2.24) is 20.2 Å². The standard InChI is InChI=1S/C22H20F3N7O2S2/c23-22(24,25)34-15-4-1-3-12(9-15)10-17(33)29-21-32-31-20(36-21)28-14-7-6-13(11-14)27-19-30-18-16(35-19)5-2-8-26-18/h1-5,8-9,13-14H,6-7,10-11H2,(H,28,31)(H,26,27,30)(H,29,32,33)/t13-,14-/m1/s1. The van der Waals surface area contributed by atoms with E-state index in [9.17, 15) is 18.0 Å². The summed E-state index contributed by atoms with van der Waals surface area (Å²) in [5.74, 6) is -0.795. The molecule has 0 aliphatic heterocycles. The Balaban J connectivity index is 1.10. The summed E-state index contributed by atoms with van der Waals surface area (Å²) in [5, 5.41) is 19.3. The van der Waals surface area contributed by atoms with Crippen molar-refractivity contribution >= 4 is 54.3 Å². The van der Waals surface area contributed by atoms with Gasteiger partial charge in [0, 0.05) is 18.3 Å². The number of amides is 1. The number of halogens is 3. The minimum Gasteiger partial charge on any atom is -0.406 e. The lowest BCUT2D eigenvalue weighted by molar-refractivity contribution is -0.274. The Morgan fingerprint density at radius 2 is 1.81 bits per heavy atom. The number of rotatable bonds is 8. The maximum absolute atomic E-state index is 12.4. The normalized spacial score (nSPS) is 17.8.